The topological polar surface area (TPSA) is 89.3 Å². The van der Waals surface area contributed by atoms with Gasteiger partial charge in [0.1, 0.15) is 0 Å². The van der Waals surface area contributed by atoms with E-state index in [1.165, 1.54) is 6.07 Å². The molecule has 3 N–H and O–H groups in total. The Morgan fingerprint density at radius 2 is 1.77 bits per heavy atom. The molecule has 0 aromatic heterocycles. The van der Waals surface area contributed by atoms with Crippen molar-refractivity contribution in [1.82, 2.24) is 5.32 Å². The fraction of sp³-hybridized carbons (Fsp3) is 0.562. The van der Waals surface area contributed by atoms with Gasteiger partial charge >= 0.3 is 0 Å². The third-order valence-corrected chi connectivity index (χ3v) is 4.78. The van der Waals surface area contributed by atoms with Gasteiger partial charge in [0.25, 0.3) is 5.91 Å². The number of benzene rings is 1. The standard InChI is InChI=1S/C16H26N2O3S/c1-10(2)6-7-12(4)18-16(19)14-8-11(3)13(5)15(9-14)22(17,20)21/h8-10,12H,6-7H2,1-5H3,(H,18,19)(H2,17,20,21). The van der Waals surface area contributed by atoms with Crippen molar-refractivity contribution < 1.29 is 13.2 Å². The predicted octanol–water partition coefficient (Wildman–Crippen LogP) is 2.51. The van der Waals surface area contributed by atoms with Gasteiger partial charge in [-0.2, -0.15) is 0 Å². The van der Waals surface area contributed by atoms with Gasteiger partial charge in [-0.3, -0.25) is 4.79 Å². The summed E-state index contributed by atoms with van der Waals surface area (Å²) < 4.78 is 23.3. The number of rotatable bonds is 6. The first-order chi connectivity index (χ1) is 10.0. The number of aryl methyl sites for hydroxylation is 1. The smallest absolute Gasteiger partial charge is 0.251 e. The second-order valence-electron chi connectivity index (χ2n) is 6.31. The molecular weight excluding hydrogens is 300 g/mol. The molecule has 1 aromatic carbocycles. The van der Waals surface area contributed by atoms with Crippen LogP contribution in [0.2, 0.25) is 0 Å². The van der Waals surface area contributed by atoms with E-state index in [1.54, 1.807) is 19.9 Å². The molecule has 0 aliphatic carbocycles. The predicted molar refractivity (Wildman–Crippen MR) is 88.3 cm³/mol. The molecule has 0 aliphatic rings. The van der Waals surface area contributed by atoms with Crippen LogP contribution in [0.1, 0.15) is 55.1 Å². The largest absolute Gasteiger partial charge is 0.350 e. The fourth-order valence-corrected chi connectivity index (χ4v) is 3.10. The highest BCUT2D eigenvalue weighted by Crippen LogP contribution is 2.20. The monoisotopic (exact) mass is 326 g/mol. The van der Waals surface area contributed by atoms with Gasteiger partial charge in [0.2, 0.25) is 10.0 Å². The molecule has 0 saturated carbocycles. The summed E-state index contributed by atoms with van der Waals surface area (Å²) in [6.45, 7) is 9.67. The Kier molecular flexibility index (Phi) is 6.14. The van der Waals surface area contributed by atoms with Gasteiger partial charge in [-0.05, 0) is 62.8 Å². The Hall–Kier alpha value is -1.40. The first-order valence-electron chi connectivity index (χ1n) is 7.47. The molecule has 0 fully saturated rings. The zero-order chi connectivity index (χ0) is 17.1. The molecule has 1 atom stereocenters. The number of primary sulfonamides is 1. The Labute approximate surface area is 133 Å². The molecule has 0 radical (unpaired) electrons. The Morgan fingerprint density at radius 1 is 1.18 bits per heavy atom. The van der Waals surface area contributed by atoms with E-state index in [9.17, 15) is 13.2 Å². The van der Waals surface area contributed by atoms with E-state index in [-0.39, 0.29) is 16.8 Å². The van der Waals surface area contributed by atoms with Crippen LogP contribution in [-0.2, 0) is 10.0 Å². The highest BCUT2D eigenvalue weighted by Gasteiger charge is 2.18. The molecule has 1 rings (SSSR count). The second-order valence-corrected chi connectivity index (χ2v) is 7.84. The van der Waals surface area contributed by atoms with E-state index >= 15 is 0 Å². The normalized spacial score (nSPS) is 13.2. The van der Waals surface area contributed by atoms with Crippen LogP contribution < -0.4 is 10.5 Å². The van der Waals surface area contributed by atoms with Crippen LogP contribution in [0.4, 0.5) is 0 Å². The van der Waals surface area contributed by atoms with Crippen LogP contribution >= 0.6 is 0 Å². The first-order valence-corrected chi connectivity index (χ1v) is 9.02. The average Bonchev–Trinajstić information content (AvgIpc) is 2.37. The minimum absolute atomic E-state index is 0.00693. The van der Waals surface area contributed by atoms with Crippen LogP contribution in [0, 0.1) is 19.8 Å². The van der Waals surface area contributed by atoms with Gasteiger partial charge in [-0.25, -0.2) is 13.6 Å². The van der Waals surface area contributed by atoms with Gasteiger partial charge in [0.05, 0.1) is 4.90 Å². The fourth-order valence-electron chi connectivity index (χ4n) is 2.22. The van der Waals surface area contributed by atoms with E-state index in [4.69, 9.17) is 5.14 Å². The molecule has 0 spiro atoms. The number of carbonyl (C=O) groups is 1. The van der Waals surface area contributed by atoms with E-state index in [1.807, 2.05) is 6.92 Å². The molecule has 1 aromatic rings. The molecule has 22 heavy (non-hydrogen) atoms. The second kappa shape index (κ2) is 7.24. The maximum atomic E-state index is 12.3. The minimum atomic E-state index is -3.84. The van der Waals surface area contributed by atoms with Gasteiger partial charge < -0.3 is 5.32 Å². The van der Waals surface area contributed by atoms with Gasteiger partial charge in [-0.15, -0.1) is 0 Å². The quantitative estimate of drug-likeness (QED) is 0.841. The van der Waals surface area contributed by atoms with Crippen molar-refractivity contribution in [3.05, 3.63) is 28.8 Å². The van der Waals surface area contributed by atoms with Crippen molar-refractivity contribution in [3.8, 4) is 0 Å². The number of sulfonamides is 1. The molecule has 1 unspecified atom stereocenters. The van der Waals surface area contributed by atoms with Crippen LogP contribution in [0.15, 0.2) is 17.0 Å². The number of hydrogen-bond donors (Lipinski definition) is 2. The summed E-state index contributed by atoms with van der Waals surface area (Å²) in [5.41, 5.74) is 1.63. The van der Waals surface area contributed by atoms with Crippen LogP contribution in [-0.4, -0.2) is 20.4 Å². The van der Waals surface area contributed by atoms with Crippen LogP contribution in [0.3, 0.4) is 0 Å². The van der Waals surface area contributed by atoms with E-state index in [0.717, 1.165) is 18.4 Å². The maximum Gasteiger partial charge on any atom is 0.251 e. The summed E-state index contributed by atoms with van der Waals surface area (Å²) in [5.74, 6) is 0.305. The molecule has 0 heterocycles. The van der Waals surface area contributed by atoms with Crippen LogP contribution in [0.25, 0.3) is 0 Å². The Morgan fingerprint density at radius 3 is 2.27 bits per heavy atom. The highest BCUT2D eigenvalue weighted by atomic mass is 32.2. The third kappa shape index (κ3) is 5.10. The van der Waals surface area contributed by atoms with Crippen molar-refractivity contribution in [2.45, 2.75) is 58.4 Å². The van der Waals surface area contributed by atoms with Crippen molar-refractivity contribution in [3.63, 3.8) is 0 Å². The molecule has 0 saturated heterocycles. The van der Waals surface area contributed by atoms with Gasteiger partial charge in [-0.1, -0.05) is 13.8 Å². The average molecular weight is 326 g/mol. The van der Waals surface area contributed by atoms with E-state index < -0.39 is 10.0 Å². The molecule has 0 bridgehead atoms. The van der Waals surface area contributed by atoms with Crippen LogP contribution in [0.5, 0.6) is 0 Å². The summed E-state index contributed by atoms with van der Waals surface area (Å²) in [7, 11) is -3.84. The molecule has 1 amide bonds. The van der Waals surface area contributed by atoms with E-state index in [0.29, 0.717) is 17.0 Å². The highest BCUT2D eigenvalue weighted by molar-refractivity contribution is 7.89. The van der Waals surface area contributed by atoms with Crippen molar-refractivity contribution in [1.29, 1.82) is 0 Å². The molecule has 124 valence electrons. The van der Waals surface area contributed by atoms with Gasteiger partial charge in [0.15, 0.2) is 0 Å². The van der Waals surface area contributed by atoms with Crippen molar-refractivity contribution in [2.24, 2.45) is 11.1 Å². The lowest BCUT2D eigenvalue weighted by Crippen LogP contribution is -2.33. The zero-order valence-electron chi connectivity index (χ0n) is 13.9. The summed E-state index contributed by atoms with van der Waals surface area (Å²) in [5, 5.41) is 8.12. The summed E-state index contributed by atoms with van der Waals surface area (Å²) in [6, 6.07) is 3.07. The Balaban J connectivity index is 2.98. The first kappa shape index (κ1) is 18.6. The summed E-state index contributed by atoms with van der Waals surface area (Å²) >= 11 is 0. The minimum Gasteiger partial charge on any atom is -0.350 e. The lowest BCUT2D eigenvalue weighted by molar-refractivity contribution is 0.0937. The number of nitrogens with one attached hydrogen (secondary N) is 1. The zero-order valence-corrected chi connectivity index (χ0v) is 14.8. The van der Waals surface area contributed by atoms with Crippen molar-refractivity contribution in [2.75, 3.05) is 0 Å². The maximum absolute atomic E-state index is 12.3. The Bertz CT molecular complexity index is 652. The molecule has 0 aliphatic heterocycles. The van der Waals surface area contributed by atoms with E-state index in [2.05, 4.69) is 19.2 Å². The lowest BCUT2D eigenvalue weighted by Gasteiger charge is -2.16. The third-order valence-electron chi connectivity index (χ3n) is 3.74. The molecule has 6 heteroatoms. The lowest BCUT2D eigenvalue weighted by atomic mass is 10.0. The molecular formula is C16H26N2O3S. The van der Waals surface area contributed by atoms with Crippen molar-refractivity contribution >= 4 is 15.9 Å². The number of nitrogens with two attached hydrogens (primary N) is 1. The summed E-state index contributed by atoms with van der Waals surface area (Å²) in [6.07, 6.45) is 1.91. The summed E-state index contributed by atoms with van der Waals surface area (Å²) in [4.78, 5) is 12.3. The molecule has 5 nitrogen and oxygen atoms in total. The number of hydrogen-bond acceptors (Lipinski definition) is 3. The van der Waals surface area contributed by atoms with Gasteiger partial charge in [0, 0.05) is 11.6 Å². The number of amides is 1. The number of carbonyl (C=O) groups excluding carboxylic acids is 1. The SMILES string of the molecule is Cc1cc(C(=O)NC(C)CCC(C)C)cc(S(N)(=O)=O)c1C.